The number of hydrogen-bond acceptors (Lipinski definition) is 5. The molecule has 2 fully saturated rings. The largest absolute Gasteiger partial charge is 0.444 e. The Kier molecular flexibility index (Phi) is 10.5. The molecule has 0 saturated carbocycles. The zero-order valence-corrected chi connectivity index (χ0v) is 21.8. The van der Waals surface area contributed by atoms with Gasteiger partial charge in [-0.15, -0.1) is 24.0 Å². The molecule has 1 aromatic heterocycles. The summed E-state index contributed by atoms with van der Waals surface area (Å²) in [4.78, 5) is 25.6. The number of rotatable bonds is 7. The van der Waals surface area contributed by atoms with Crippen LogP contribution in [0.3, 0.4) is 0 Å². The maximum Gasteiger partial charge on any atom is 0.222 e. The summed E-state index contributed by atoms with van der Waals surface area (Å²) >= 11 is 0. The Hall–Kier alpha value is -1.36. The molecule has 0 spiro atoms. The highest BCUT2D eigenvalue weighted by atomic mass is 127. The normalized spacial score (nSPS) is 20.6. The van der Waals surface area contributed by atoms with Crippen LogP contribution in [0.5, 0.6) is 0 Å². The smallest absolute Gasteiger partial charge is 0.222 e. The second kappa shape index (κ2) is 12.6. The van der Waals surface area contributed by atoms with Gasteiger partial charge in [-0.05, 0) is 59.0 Å². The number of carbonyl (C=O) groups excluding carboxylic acids is 1. The zero-order chi connectivity index (χ0) is 21.5. The summed E-state index contributed by atoms with van der Waals surface area (Å²) in [7, 11) is 0. The third-order valence-corrected chi connectivity index (χ3v) is 6.17. The van der Waals surface area contributed by atoms with E-state index in [1.54, 1.807) is 0 Å². The zero-order valence-electron chi connectivity index (χ0n) is 19.4. The minimum atomic E-state index is 0. The van der Waals surface area contributed by atoms with Crippen LogP contribution in [0.15, 0.2) is 9.41 Å². The summed E-state index contributed by atoms with van der Waals surface area (Å²) in [5.41, 5.74) is 0.988. The lowest BCUT2D eigenvalue weighted by Crippen LogP contribution is -2.45. The second-order valence-electron chi connectivity index (χ2n) is 8.51. The summed E-state index contributed by atoms with van der Waals surface area (Å²) in [6, 6.07) is 0.285. The van der Waals surface area contributed by atoms with Gasteiger partial charge in [0, 0.05) is 38.6 Å². The van der Waals surface area contributed by atoms with E-state index >= 15 is 0 Å². The van der Waals surface area contributed by atoms with Gasteiger partial charge in [0.1, 0.15) is 5.76 Å². The van der Waals surface area contributed by atoms with Crippen LogP contribution in [0.2, 0.25) is 0 Å². The molecule has 2 aliphatic heterocycles. The van der Waals surface area contributed by atoms with Crippen LogP contribution in [0.1, 0.15) is 56.9 Å². The number of likely N-dealkylation sites (tertiary alicyclic amines) is 2. The Labute approximate surface area is 203 Å². The van der Waals surface area contributed by atoms with Crippen LogP contribution >= 0.6 is 24.0 Å². The van der Waals surface area contributed by atoms with Crippen molar-refractivity contribution in [3.63, 3.8) is 0 Å². The highest BCUT2D eigenvalue weighted by molar-refractivity contribution is 14.0. The molecule has 31 heavy (non-hydrogen) atoms. The van der Waals surface area contributed by atoms with Crippen molar-refractivity contribution in [2.45, 2.75) is 66.0 Å². The number of nitrogens with one attached hydrogen (secondary N) is 2. The molecule has 1 aromatic rings. The Morgan fingerprint density at radius 2 is 1.94 bits per heavy atom. The molecule has 1 amide bonds. The topological polar surface area (TPSA) is 86.0 Å². The van der Waals surface area contributed by atoms with Crippen LogP contribution < -0.4 is 10.6 Å². The van der Waals surface area contributed by atoms with Gasteiger partial charge in [0.2, 0.25) is 11.8 Å². The molecule has 8 nitrogen and oxygen atoms in total. The van der Waals surface area contributed by atoms with Gasteiger partial charge in [0.05, 0.1) is 12.2 Å². The van der Waals surface area contributed by atoms with Gasteiger partial charge < -0.3 is 20.0 Å². The van der Waals surface area contributed by atoms with Crippen molar-refractivity contribution >= 4 is 35.8 Å². The van der Waals surface area contributed by atoms with Crippen LogP contribution in [-0.2, 0) is 11.3 Å². The van der Waals surface area contributed by atoms with Gasteiger partial charge in [-0.1, -0.05) is 6.92 Å². The third-order valence-electron chi connectivity index (χ3n) is 6.17. The predicted molar refractivity (Wildman–Crippen MR) is 134 cm³/mol. The van der Waals surface area contributed by atoms with Crippen LogP contribution in [0.4, 0.5) is 0 Å². The highest BCUT2D eigenvalue weighted by Gasteiger charge is 2.26. The van der Waals surface area contributed by atoms with Crippen molar-refractivity contribution in [3.05, 3.63) is 17.3 Å². The first-order chi connectivity index (χ1) is 14.5. The molecule has 2 saturated heterocycles. The van der Waals surface area contributed by atoms with Crippen molar-refractivity contribution < 1.29 is 9.21 Å². The number of aliphatic imine (C=N–C) groups is 1. The first-order valence-corrected chi connectivity index (χ1v) is 11.5. The van der Waals surface area contributed by atoms with E-state index < -0.39 is 0 Å². The number of nitrogens with zero attached hydrogens (tertiary/aromatic N) is 4. The average Bonchev–Trinajstić information content (AvgIpc) is 3.33. The maximum atomic E-state index is 11.9. The maximum absolute atomic E-state index is 11.9. The van der Waals surface area contributed by atoms with Gasteiger partial charge in [-0.3, -0.25) is 14.7 Å². The molecule has 9 heteroatoms. The van der Waals surface area contributed by atoms with Crippen molar-refractivity contribution in [2.24, 2.45) is 10.9 Å². The quantitative estimate of drug-likeness (QED) is 0.311. The summed E-state index contributed by atoms with van der Waals surface area (Å²) in [5, 5.41) is 6.89. The molecule has 1 unspecified atom stereocenters. The van der Waals surface area contributed by atoms with E-state index in [1.165, 1.54) is 0 Å². The SMILES string of the molecule is CCNC(=NCC1CCN(Cc2nc(C)c(C)o2)CC1)NC1CCN(C(=O)CC)C1.I. The molecular weight excluding hydrogens is 507 g/mol. The number of piperidine rings is 1. The monoisotopic (exact) mass is 546 g/mol. The molecule has 0 bridgehead atoms. The summed E-state index contributed by atoms with van der Waals surface area (Å²) in [6.07, 6.45) is 3.84. The summed E-state index contributed by atoms with van der Waals surface area (Å²) in [6.45, 7) is 14.2. The van der Waals surface area contributed by atoms with Crippen LogP contribution in [0, 0.1) is 19.8 Å². The van der Waals surface area contributed by atoms with Crippen molar-refractivity contribution in [1.29, 1.82) is 0 Å². The summed E-state index contributed by atoms with van der Waals surface area (Å²) in [5.74, 6) is 3.46. The summed E-state index contributed by atoms with van der Waals surface area (Å²) < 4.78 is 5.73. The molecule has 3 heterocycles. The number of guanidine groups is 1. The van der Waals surface area contributed by atoms with E-state index in [-0.39, 0.29) is 35.9 Å². The fourth-order valence-electron chi connectivity index (χ4n) is 4.19. The number of oxazole rings is 1. The van der Waals surface area contributed by atoms with E-state index in [0.717, 1.165) is 88.4 Å². The standard InChI is InChI=1S/C22H38N6O2.HI/c1-5-21(29)28-12-9-19(14-28)26-22(23-6-2)24-13-18-7-10-27(11-8-18)15-20-25-16(3)17(4)30-20;/h18-19H,5-15H2,1-4H3,(H2,23,24,26);1H. The van der Waals surface area contributed by atoms with Crippen LogP contribution in [-0.4, -0.2) is 72.0 Å². The molecule has 2 aliphatic rings. The highest BCUT2D eigenvalue weighted by Crippen LogP contribution is 2.20. The van der Waals surface area contributed by atoms with Gasteiger partial charge in [0.15, 0.2) is 5.96 Å². The third kappa shape index (κ3) is 7.62. The van der Waals surface area contributed by atoms with E-state index in [0.29, 0.717) is 12.3 Å². The van der Waals surface area contributed by atoms with Gasteiger partial charge >= 0.3 is 0 Å². The Morgan fingerprint density at radius 3 is 2.55 bits per heavy atom. The Morgan fingerprint density at radius 1 is 1.19 bits per heavy atom. The van der Waals surface area contributed by atoms with E-state index in [1.807, 2.05) is 25.7 Å². The van der Waals surface area contributed by atoms with Crippen LogP contribution in [0.25, 0.3) is 0 Å². The first-order valence-electron chi connectivity index (χ1n) is 11.5. The molecule has 2 N–H and O–H groups in total. The fourth-order valence-corrected chi connectivity index (χ4v) is 4.19. The van der Waals surface area contributed by atoms with E-state index in [2.05, 4.69) is 27.4 Å². The minimum Gasteiger partial charge on any atom is -0.444 e. The second-order valence-corrected chi connectivity index (χ2v) is 8.51. The number of hydrogen-bond donors (Lipinski definition) is 2. The fraction of sp³-hybridized carbons (Fsp3) is 0.773. The first kappa shape index (κ1) is 25.9. The van der Waals surface area contributed by atoms with Gasteiger partial charge in [-0.2, -0.15) is 0 Å². The minimum absolute atomic E-state index is 0. The number of halogens is 1. The van der Waals surface area contributed by atoms with Crippen molar-refractivity contribution in [2.75, 3.05) is 39.3 Å². The lowest BCUT2D eigenvalue weighted by atomic mass is 9.97. The van der Waals surface area contributed by atoms with E-state index in [9.17, 15) is 4.79 Å². The lowest BCUT2D eigenvalue weighted by Gasteiger charge is -2.30. The Bertz CT molecular complexity index is 710. The number of aryl methyl sites for hydroxylation is 2. The van der Waals surface area contributed by atoms with E-state index in [4.69, 9.17) is 9.41 Å². The molecule has 0 radical (unpaired) electrons. The van der Waals surface area contributed by atoms with Gasteiger partial charge in [-0.25, -0.2) is 4.98 Å². The molecule has 1 atom stereocenters. The number of aromatic nitrogens is 1. The number of amides is 1. The molecule has 0 aliphatic carbocycles. The molecule has 3 rings (SSSR count). The Balaban J connectivity index is 0.00000341. The molecule has 176 valence electrons. The average molecular weight is 546 g/mol. The molecular formula is C22H39IN6O2. The lowest BCUT2D eigenvalue weighted by molar-refractivity contribution is -0.129. The number of carbonyl (C=O) groups is 1. The molecule has 0 aromatic carbocycles. The predicted octanol–water partition coefficient (Wildman–Crippen LogP) is 2.69. The van der Waals surface area contributed by atoms with Crippen molar-refractivity contribution in [1.82, 2.24) is 25.4 Å². The van der Waals surface area contributed by atoms with Gasteiger partial charge in [0.25, 0.3) is 0 Å². The van der Waals surface area contributed by atoms with Crippen molar-refractivity contribution in [3.8, 4) is 0 Å².